The maximum Gasteiger partial charge on any atom is 0.0839 e. The second kappa shape index (κ2) is 6.42. The van der Waals surface area contributed by atoms with Crippen LogP contribution in [0.1, 0.15) is 36.5 Å². The smallest absolute Gasteiger partial charge is 0.0839 e. The molecule has 92 valence electrons. The minimum absolute atomic E-state index is 0.0193. The molecule has 0 aliphatic rings. The minimum Gasteiger partial charge on any atom is -0.302 e. The molecule has 2 heteroatoms. The van der Waals surface area contributed by atoms with Crippen LogP contribution < -0.4 is 0 Å². The first-order valence-electron chi connectivity index (χ1n) is 6.31. The number of nitriles is 1. The number of hydrogen-bond acceptors (Lipinski definition) is 2. The van der Waals surface area contributed by atoms with Gasteiger partial charge in [-0.3, -0.25) is 0 Å². The number of nitrogens with zero attached hydrogens (tertiary/aromatic N) is 2. The van der Waals surface area contributed by atoms with Crippen molar-refractivity contribution < 1.29 is 0 Å². The summed E-state index contributed by atoms with van der Waals surface area (Å²) < 4.78 is 0. The summed E-state index contributed by atoms with van der Waals surface area (Å²) in [6, 6.07) is 8.76. The number of hydrogen-bond donors (Lipinski definition) is 0. The molecule has 2 nitrogen and oxygen atoms in total. The number of aryl methyl sites for hydroxylation is 2. The fourth-order valence-electron chi connectivity index (χ4n) is 1.94. The Balaban J connectivity index is 2.87. The summed E-state index contributed by atoms with van der Waals surface area (Å²) in [4.78, 5) is 2.29. The van der Waals surface area contributed by atoms with Gasteiger partial charge in [-0.2, -0.15) is 5.26 Å². The van der Waals surface area contributed by atoms with Gasteiger partial charge in [-0.15, -0.1) is 0 Å². The first-order valence-corrected chi connectivity index (χ1v) is 6.31. The van der Waals surface area contributed by atoms with Gasteiger partial charge in [-0.05, 0) is 43.6 Å². The molecule has 1 aromatic rings. The summed E-state index contributed by atoms with van der Waals surface area (Å²) in [7, 11) is 0. The molecular formula is C15H22N2. The van der Waals surface area contributed by atoms with Crippen molar-refractivity contribution in [1.29, 1.82) is 5.26 Å². The van der Waals surface area contributed by atoms with Crippen LogP contribution in [0.3, 0.4) is 0 Å². The van der Waals surface area contributed by atoms with E-state index in [1.54, 1.807) is 0 Å². The summed E-state index contributed by atoms with van der Waals surface area (Å²) in [6.07, 6.45) is 0. The normalized spacial score (nSPS) is 12.5. The zero-order valence-corrected chi connectivity index (χ0v) is 11.3. The maximum atomic E-state index is 9.30. The van der Waals surface area contributed by atoms with Gasteiger partial charge in [0, 0.05) is 6.54 Å². The van der Waals surface area contributed by atoms with Gasteiger partial charge in [0.25, 0.3) is 0 Å². The van der Waals surface area contributed by atoms with Crippen molar-refractivity contribution in [1.82, 2.24) is 4.90 Å². The molecular weight excluding hydrogens is 208 g/mol. The van der Waals surface area contributed by atoms with Crippen LogP contribution in [0.4, 0.5) is 0 Å². The van der Waals surface area contributed by atoms with Gasteiger partial charge >= 0.3 is 0 Å². The fourth-order valence-corrected chi connectivity index (χ4v) is 1.94. The van der Waals surface area contributed by atoms with E-state index in [1.807, 2.05) is 0 Å². The third-order valence-corrected chi connectivity index (χ3v) is 3.42. The first-order chi connectivity index (χ1) is 8.12. The van der Waals surface area contributed by atoms with Gasteiger partial charge in [0.2, 0.25) is 0 Å². The van der Waals surface area contributed by atoms with E-state index in [0.717, 1.165) is 25.2 Å². The average molecular weight is 230 g/mol. The van der Waals surface area contributed by atoms with Crippen molar-refractivity contribution in [2.24, 2.45) is 0 Å². The third-order valence-electron chi connectivity index (χ3n) is 3.42. The monoisotopic (exact) mass is 230 g/mol. The van der Waals surface area contributed by atoms with Gasteiger partial charge < -0.3 is 4.90 Å². The lowest BCUT2D eigenvalue weighted by Gasteiger charge is -2.21. The summed E-state index contributed by atoms with van der Waals surface area (Å²) in [5, 5.41) is 9.30. The highest BCUT2D eigenvalue weighted by molar-refractivity contribution is 5.34. The fraction of sp³-hybridized carbons (Fsp3) is 0.533. The molecule has 1 aromatic carbocycles. The van der Waals surface area contributed by atoms with Crippen molar-refractivity contribution in [3.8, 4) is 6.07 Å². The number of rotatable bonds is 5. The zero-order chi connectivity index (χ0) is 12.8. The Morgan fingerprint density at radius 3 is 2.29 bits per heavy atom. The van der Waals surface area contributed by atoms with E-state index >= 15 is 0 Å². The Morgan fingerprint density at radius 1 is 1.18 bits per heavy atom. The molecule has 0 amide bonds. The Labute approximate surface area is 105 Å². The molecule has 0 bridgehead atoms. The molecule has 1 rings (SSSR count). The lowest BCUT2D eigenvalue weighted by molar-refractivity contribution is 0.298. The quantitative estimate of drug-likeness (QED) is 0.776. The number of benzene rings is 1. The van der Waals surface area contributed by atoms with Crippen LogP contribution in [0, 0.1) is 25.2 Å². The van der Waals surface area contributed by atoms with Gasteiger partial charge in [-0.1, -0.05) is 32.0 Å². The first kappa shape index (κ1) is 13.7. The Bertz CT molecular complexity index is 400. The molecule has 0 aliphatic carbocycles. The molecule has 0 radical (unpaired) electrons. The van der Waals surface area contributed by atoms with E-state index in [9.17, 15) is 5.26 Å². The Hall–Kier alpha value is -1.33. The maximum absolute atomic E-state index is 9.30. The summed E-state index contributed by atoms with van der Waals surface area (Å²) in [5.74, 6) is -0.0193. The van der Waals surface area contributed by atoms with E-state index in [0.29, 0.717) is 0 Å². The Morgan fingerprint density at radius 2 is 1.82 bits per heavy atom. The molecule has 0 saturated carbocycles. The zero-order valence-electron chi connectivity index (χ0n) is 11.3. The van der Waals surface area contributed by atoms with E-state index in [-0.39, 0.29) is 5.92 Å². The van der Waals surface area contributed by atoms with Crippen LogP contribution in [-0.2, 0) is 0 Å². The second-order valence-electron chi connectivity index (χ2n) is 4.51. The van der Waals surface area contributed by atoms with Crippen molar-refractivity contribution in [2.45, 2.75) is 33.6 Å². The molecule has 1 atom stereocenters. The van der Waals surface area contributed by atoms with Crippen LogP contribution in [0.2, 0.25) is 0 Å². The van der Waals surface area contributed by atoms with E-state index < -0.39 is 0 Å². The third kappa shape index (κ3) is 3.57. The highest BCUT2D eigenvalue weighted by Crippen LogP contribution is 2.19. The van der Waals surface area contributed by atoms with Crippen molar-refractivity contribution in [2.75, 3.05) is 19.6 Å². The predicted octanol–water partition coefficient (Wildman–Crippen LogP) is 3.25. The van der Waals surface area contributed by atoms with Crippen molar-refractivity contribution in [3.05, 3.63) is 34.9 Å². The van der Waals surface area contributed by atoms with E-state index in [1.165, 1.54) is 11.1 Å². The van der Waals surface area contributed by atoms with Crippen LogP contribution in [0.25, 0.3) is 0 Å². The van der Waals surface area contributed by atoms with Crippen LogP contribution in [-0.4, -0.2) is 24.5 Å². The summed E-state index contributed by atoms with van der Waals surface area (Å²) >= 11 is 0. The lowest BCUT2D eigenvalue weighted by atomic mass is 9.96. The highest BCUT2D eigenvalue weighted by Gasteiger charge is 2.14. The predicted molar refractivity (Wildman–Crippen MR) is 72.1 cm³/mol. The van der Waals surface area contributed by atoms with Gasteiger partial charge in [-0.25, -0.2) is 0 Å². The van der Waals surface area contributed by atoms with Gasteiger partial charge in [0.05, 0.1) is 12.0 Å². The molecule has 0 spiro atoms. The SMILES string of the molecule is CCN(CC)CC(C#N)c1ccc(C)c(C)c1. The van der Waals surface area contributed by atoms with Gasteiger partial charge in [0.1, 0.15) is 0 Å². The number of likely N-dealkylation sites (N-methyl/N-ethyl adjacent to an activating group) is 1. The molecule has 1 unspecified atom stereocenters. The molecule has 0 N–H and O–H groups in total. The minimum atomic E-state index is -0.0193. The van der Waals surface area contributed by atoms with Crippen molar-refractivity contribution >= 4 is 0 Å². The van der Waals surface area contributed by atoms with Crippen molar-refractivity contribution in [3.63, 3.8) is 0 Å². The molecule has 0 fully saturated rings. The van der Waals surface area contributed by atoms with E-state index in [2.05, 4.69) is 56.9 Å². The summed E-state index contributed by atoms with van der Waals surface area (Å²) in [6.45, 7) is 11.3. The van der Waals surface area contributed by atoms with Gasteiger partial charge in [0.15, 0.2) is 0 Å². The second-order valence-corrected chi connectivity index (χ2v) is 4.51. The lowest BCUT2D eigenvalue weighted by Crippen LogP contribution is -2.27. The topological polar surface area (TPSA) is 27.0 Å². The van der Waals surface area contributed by atoms with E-state index in [4.69, 9.17) is 0 Å². The molecule has 0 saturated heterocycles. The molecule has 17 heavy (non-hydrogen) atoms. The van der Waals surface area contributed by atoms with Crippen LogP contribution >= 0.6 is 0 Å². The standard InChI is InChI=1S/C15H22N2/c1-5-17(6-2)11-15(10-16)14-8-7-12(3)13(4)9-14/h7-9,15H,5-6,11H2,1-4H3. The Kier molecular flexibility index (Phi) is 5.18. The summed E-state index contributed by atoms with van der Waals surface area (Å²) in [5.41, 5.74) is 3.69. The van der Waals surface area contributed by atoms with Crippen LogP contribution in [0.15, 0.2) is 18.2 Å². The van der Waals surface area contributed by atoms with Crippen LogP contribution in [0.5, 0.6) is 0 Å². The molecule has 0 aromatic heterocycles. The molecule has 0 heterocycles. The average Bonchev–Trinajstić information content (AvgIpc) is 2.35. The highest BCUT2D eigenvalue weighted by atomic mass is 15.1. The largest absolute Gasteiger partial charge is 0.302 e. The molecule has 0 aliphatic heterocycles.